The molecule has 0 atom stereocenters. The number of amides is 1. The van der Waals surface area contributed by atoms with Crippen LogP contribution >= 0.6 is 11.6 Å². The maximum Gasteiger partial charge on any atom is 0.269 e. The number of aryl methyl sites for hydroxylation is 1. The Kier molecular flexibility index (Phi) is 6.44. The first kappa shape index (κ1) is 18.9. The first-order valence-corrected chi connectivity index (χ1v) is 9.26. The van der Waals surface area contributed by atoms with E-state index in [9.17, 15) is 4.79 Å². The number of benzene rings is 2. The molecule has 1 aromatic heterocycles. The Hall–Kier alpha value is -2.85. The summed E-state index contributed by atoms with van der Waals surface area (Å²) >= 11 is 5.98. The molecule has 0 bridgehead atoms. The molecule has 4 nitrogen and oxygen atoms in total. The highest BCUT2D eigenvalue weighted by Crippen LogP contribution is 2.12. The van der Waals surface area contributed by atoms with E-state index in [0.717, 1.165) is 17.7 Å². The first-order chi connectivity index (χ1) is 13.1. The number of hydrogen-bond donors (Lipinski definition) is 2. The average Bonchev–Trinajstić information content (AvgIpc) is 2.67. The van der Waals surface area contributed by atoms with Gasteiger partial charge in [-0.15, -0.1) is 0 Å². The minimum atomic E-state index is -0.184. The van der Waals surface area contributed by atoms with Crippen molar-refractivity contribution < 1.29 is 4.79 Å². The third kappa shape index (κ3) is 5.83. The predicted molar refractivity (Wildman–Crippen MR) is 110 cm³/mol. The van der Waals surface area contributed by atoms with Crippen molar-refractivity contribution in [3.05, 3.63) is 94.3 Å². The second kappa shape index (κ2) is 9.19. The topological polar surface area (TPSA) is 54.0 Å². The van der Waals surface area contributed by atoms with Crippen molar-refractivity contribution in [3.8, 4) is 0 Å². The zero-order valence-corrected chi connectivity index (χ0v) is 16.0. The molecule has 0 aliphatic heterocycles. The van der Waals surface area contributed by atoms with E-state index in [4.69, 9.17) is 11.6 Å². The Labute approximate surface area is 164 Å². The molecule has 0 spiro atoms. The van der Waals surface area contributed by atoms with Crippen molar-refractivity contribution in [3.63, 3.8) is 0 Å². The third-order valence-electron chi connectivity index (χ3n) is 4.16. The minimum absolute atomic E-state index is 0.184. The highest BCUT2D eigenvalue weighted by atomic mass is 35.5. The fourth-order valence-corrected chi connectivity index (χ4v) is 3.01. The molecule has 138 valence electrons. The van der Waals surface area contributed by atoms with Crippen molar-refractivity contribution in [2.24, 2.45) is 0 Å². The number of carbonyl (C=O) groups excluding carboxylic acids is 1. The Balaban J connectivity index is 1.53. The Morgan fingerprint density at radius 2 is 1.85 bits per heavy atom. The van der Waals surface area contributed by atoms with Crippen LogP contribution in [0, 0.1) is 6.92 Å². The van der Waals surface area contributed by atoms with Crippen LogP contribution in [0.1, 0.15) is 27.2 Å². The van der Waals surface area contributed by atoms with Gasteiger partial charge in [0.25, 0.3) is 5.91 Å². The Morgan fingerprint density at radius 1 is 1.04 bits per heavy atom. The molecule has 1 heterocycles. The normalized spacial score (nSPS) is 10.4. The number of anilines is 1. The van der Waals surface area contributed by atoms with Gasteiger partial charge in [0.1, 0.15) is 5.69 Å². The monoisotopic (exact) mass is 379 g/mol. The average molecular weight is 380 g/mol. The molecule has 0 aliphatic rings. The molecule has 0 radical (unpaired) electrons. The third-order valence-corrected chi connectivity index (χ3v) is 4.40. The largest absolute Gasteiger partial charge is 0.381 e. The fraction of sp³-hybridized carbons (Fsp3) is 0.182. The summed E-state index contributed by atoms with van der Waals surface area (Å²) in [6, 6.07) is 19.6. The summed E-state index contributed by atoms with van der Waals surface area (Å²) in [4.78, 5) is 16.5. The van der Waals surface area contributed by atoms with Crippen LogP contribution in [-0.2, 0) is 13.0 Å². The molecule has 1 amide bonds. The van der Waals surface area contributed by atoms with Crippen LogP contribution in [-0.4, -0.2) is 17.4 Å². The quantitative estimate of drug-likeness (QED) is 0.629. The van der Waals surface area contributed by atoms with E-state index < -0.39 is 0 Å². The van der Waals surface area contributed by atoms with Gasteiger partial charge >= 0.3 is 0 Å². The molecule has 0 saturated heterocycles. The first-order valence-electron chi connectivity index (χ1n) is 8.88. The second-order valence-electron chi connectivity index (χ2n) is 6.41. The maximum atomic E-state index is 12.3. The van der Waals surface area contributed by atoms with Gasteiger partial charge in [0.15, 0.2) is 0 Å². The molecule has 5 heteroatoms. The standard InChI is InChI=1S/C22H22ClN3O/c1-16-4-2-6-18(12-16)15-26-20-9-11-24-21(14-20)22(27)25-10-8-17-5-3-7-19(23)13-17/h2-7,9,11-14H,8,10,15H2,1H3,(H,24,26)(H,25,27). The van der Waals surface area contributed by atoms with Crippen LogP contribution in [0.25, 0.3) is 0 Å². The van der Waals surface area contributed by atoms with E-state index >= 15 is 0 Å². The van der Waals surface area contributed by atoms with Crippen LogP contribution in [0.4, 0.5) is 5.69 Å². The smallest absolute Gasteiger partial charge is 0.269 e. The predicted octanol–water partition coefficient (Wildman–Crippen LogP) is 4.63. The van der Waals surface area contributed by atoms with Crippen LogP contribution < -0.4 is 10.6 Å². The summed E-state index contributed by atoms with van der Waals surface area (Å²) in [5, 5.41) is 6.94. The number of carbonyl (C=O) groups is 1. The van der Waals surface area contributed by atoms with Gasteiger partial charge in [-0.25, -0.2) is 0 Å². The van der Waals surface area contributed by atoms with Crippen LogP contribution in [0.15, 0.2) is 66.9 Å². The second-order valence-corrected chi connectivity index (χ2v) is 6.84. The molecular weight excluding hydrogens is 358 g/mol. The summed E-state index contributed by atoms with van der Waals surface area (Å²) in [7, 11) is 0. The molecule has 27 heavy (non-hydrogen) atoms. The summed E-state index contributed by atoms with van der Waals surface area (Å²) in [5.74, 6) is -0.184. The van der Waals surface area contributed by atoms with Gasteiger partial charge in [-0.3, -0.25) is 9.78 Å². The summed E-state index contributed by atoms with van der Waals surface area (Å²) in [5.41, 5.74) is 4.77. The van der Waals surface area contributed by atoms with E-state index in [1.165, 1.54) is 11.1 Å². The van der Waals surface area contributed by atoms with Crippen molar-refractivity contribution in [1.29, 1.82) is 0 Å². The van der Waals surface area contributed by atoms with Gasteiger partial charge < -0.3 is 10.6 Å². The van der Waals surface area contributed by atoms with Crippen LogP contribution in [0.5, 0.6) is 0 Å². The number of halogens is 1. The lowest BCUT2D eigenvalue weighted by Crippen LogP contribution is -2.26. The number of rotatable bonds is 7. The van der Waals surface area contributed by atoms with Crippen molar-refractivity contribution >= 4 is 23.2 Å². The minimum Gasteiger partial charge on any atom is -0.381 e. The number of pyridine rings is 1. The van der Waals surface area contributed by atoms with E-state index in [-0.39, 0.29) is 5.91 Å². The Bertz CT molecular complexity index is 927. The lowest BCUT2D eigenvalue weighted by Gasteiger charge is -2.09. The SMILES string of the molecule is Cc1cccc(CNc2ccnc(C(=O)NCCc3cccc(Cl)c3)c2)c1. The van der Waals surface area contributed by atoms with Gasteiger partial charge in [0, 0.05) is 30.0 Å². The lowest BCUT2D eigenvalue weighted by atomic mass is 10.1. The zero-order chi connectivity index (χ0) is 19.1. The molecule has 2 aromatic carbocycles. The molecule has 3 aromatic rings. The molecule has 2 N–H and O–H groups in total. The van der Waals surface area contributed by atoms with Crippen LogP contribution in [0.2, 0.25) is 5.02 Å². The van der Waals surface area contributed by atoms with Crippen molar-refractivity contribution in [1.82, 2.24) is 10.3 Å². The van der Waals surface area contributed by atoms with Crippen LogP contribution in [0.3, 0.4) is 0 Å². The fourth-order valence-electron chi connectivity index (χ4n) is 2.79. The van der Waals surface area contributed by atoms with E-state index in [2.05, 4.69) is 40.7 Å². The van der Waals surface area contributed by atoms with E-state index in [1.54, 1.807) is 12.3 Å². The number of aromatic nitrogens is 1. The molecule has 3 rings (SSSR count). The Morgan fingerprint density at radius 3 is 2.67 bits per heavy atom. The zero-order valence-electron chi connectivity index (χ0n) is 15.2. The number of nitrogens with one attached hydrogen (secondary N) is 2. The molecule has 0 saturated carbocycles. The van der Waals surface area contributed by atoms with Gasteiger partial charge in [-0.1, -0.05) is 53.6 Å². The summed E-state index contributed by atoms with van der Waals surface area (Å²) < 4.78 is 0. The maximum absolute atomic E-state index is 12.3. The van der Waals surface area contributed by atoms with Gasteiger partial charge in [-0.2, -0.15) is 0 Å². The van der Waals surface area contributed by atoms with Crippen molar-refractivity contribution in [2.75, 3.05) is 11.9 Å². The number of nitrogens with zero attached hydrogens (tertiary/aromatic N) is 1. The van der Waals surface area contributed by atoms with Gasteiger partial charge in [0.05, 0.1) is 0 Å². The van der Waals surface area contributed by atoms with Gasteiger partial charge in [0.2, 0.25) is 0 Å². The van der Waals surface area contributed by atoms with E-state index in [1.807, 2.05) is 36.4 Å². The molecule has 0 fully saturated rings. The molecular formula is C22H22ClN3O. The molecule has 0 unspecified atom stereocenters. The summed E-state index contributed by atoms with van der Waals surface area (Å²) in [6.07, 6.45) is 2.36. The van der Waals surface area contributed by atoms with E-state index in [0.29, 0.717) is 23.8 Å². The molecule has 0 aliphatic carbocycles. The number of hydrogen-bond acceptors (Lipinski definition) is 3. The lowest BCUT2D eigenvalue weighted by molar-refractivity contribution is 0.0949. The summed E-state index contributed by atoms with van der Waals surface area (Å²) in [6.45, 7) is 3.30. The highest BCUT2D eigenvalue weighted by molar-refractivity contribution is 6.30. The van der Waals surface area contributed by atoms with Gasteiger partial charge in [-0.05, 0) is 48.7 Å². The highest BCUT2D eigenvalue weighted by Gasteiger charge is 2.07. The van der Waals surface area contributed by atoms with Crippen molar-refractivity contribution in [2.45, 2.75) is 19.9 Å².